The number of benzene rings is 2. The Balaban J connectivity index is 1.44. The number of aryl methyl sites for hydroxylation is 1. The molecule has 28 heavy (non-hydrogen) atoms. The summed E-state index contributed by atoms with van der Waals surface area (Å²) in [5.74, 6) is 1.63. The average molecular weight is 381 g/mol. The zero-order valence-corrected chi connectivity index (χ0v) is 16.3. The van der Waals surface area contributed by atoms with Crippen molar-refractivity contribution in [3.05, 3.63) is 59.2 Å². The van der Waals surface area contributed by atoms with Gasteiger partial charge in [-0.1, -0.05) is 24.3 Å². The molecule has 2 aliphatic heterocycles. The highest BCUT2D eigenvalue weighted by molar-refractivity contribution is 5.80. The summed E-state index contributed by atoms with van der Waals surface area (Å²) in [6.45, 7) is 3.40. The van der Waals surface area contributed by atoms with Crippen molar-refractivity contribution < 1.29 is 14.3 Å². The number of carbonyl (C=O) groups excluding carboxylic acids is 1. The molecule has 0 aromatic heterocycles. The lowest BCUT2D eigenvalue weighted by Crippen LogP contribution is -2.36. The van der Waals surface area contributed by atoms with Crippen molar-refractivity contribution in [2.75, 3.05) is 20.3 Å². The van der Waals surface area contributed by atoms with Gasteiger partial charge in [-0.15, -0.1) is 0 Å². The Hall–Kier alpha value is -2.57. The van der Waals surface area contributed by atoms with Gasteiger partial charge in [0.1, 0.15) is 11.5 Å². The molecule has 148 valence electrons. The highest BCUT2D eigenvalue weighted by atomic mass is 16.5. The first-order valence-corrected chi connectivity index (χ1v) is 9.84. The molecule has 1 fully saturated rings. The van der Waals surface area contributed by atoms with Crippen LogP contribution in [0.25, 0.3) is 0 Å². The van der Waals surface area contributed by atoms with Crippen molar-refractivity contribution in [3.8, 4) is 11.5 Å². The topological polar surface area (TPSA) is 71.6 Å². The zero-order valence-electron chi connectivity index (χ0n) is 16.3. The number of fused-ring (bicyclic) bond motifs is 1. The molecule has 6 heteroatoms. The van der Waals surface area contributed by atoms with Crippen molar-refractivity contribution in [2.24, 2.45) is 5.92 Å². The minimum atomic E-state index is -0.184. The lowest BCUT2D eigenvalue weighted by Gasteiger charge is -2.23. The molecule has 3 unspecified atom stereocenters. The molecule has 0 aliphatic carbocycles. The second kappa shape index (κ2) is 8.20. The maximum atomic E-state index is 13.0. The van der Waals surface area contributed by atoms with Gasteiger partial charge < -0.3 is 14.8 Å². The van der Waals surface area contributed by atoms with Gasteiger partial charge in [0.15, 0.2) is 0 Å². The van der Waals surface area contributed by atoms with Crippen molar-refractivity contribution in [1.82, 2.24) is 16.2 Å². The number of nitrogens with one attached hydrogen (secondary N) is 3. The van der Waals surface area contributed by atoms with Gasteiger partial charge in [0.2, 0.25) is 5.91 Å². The van der Waals surface area contributed by atoms with Gasteiger partial charge in [0, 0.05) is 6.54 Å². The Kier molecular flexibility index (Phi) is 5.50. The molecule has 0 bridgehead atoms. The number of hydrogen-bond acceptors (Lipinski definition) is 5. The predicted octanol–water partition coefficient (Wildman–Crippen LogP) is 2.66. The summed E-state index contributed by atoms with van der Waals surface area (Å²) in [5.41, 5.74) is 9.75. The van der Waals surface area contributed by atoms with Crippen LogP contribution in [0.4, 0.5) is 0 Å². The van der Waals surface area contributed by atoms with E-state index < -0.39 is 0 Å². The highest BCUT2D eigenvalue weighted by Crippen LogP contribution is 2.30. The number of hydrazine groups is 1. The first-order chi connectivity index (χ1) is 13.7. The van der Waals surface area contributed by atoms with E-state index in [1.165, 1.54) is 5.56 Å². The van der Waals surface area contributed by atoms with Gasteiger partial charge in [0.25, 0.3) is 0 Å². The van der Waals surface area contributed by atoms with Crippen LogP contribution >= 0.6 is 0 Å². The maximum absolute atomic E-state index is 13.0. The summed E-state index contributed by atoms with van der Waals surface area (Å²) >= 11 is 0. The largest absolute Gasteiger partial charge is 0.497 e. The van der Waals surface area contributed by atoms with E-state index in [9.17, 15) is 4.79 Å². The van der Waals surface area contributed by atoms with Crippen LogP contribution in [0.5, 0.6) is 11.5 Å². The molecule has 3 atom stereocenters. The lowest BCUT2D eigenvalue weighted by molar-refractivity contribution is -0.125. The molecule has 2 aromatic rings. The Labute approximate surface area is 165 Å². The number of rotatable bonds is 5. The third-order valence-corrected chi connectivity index (χ3v) is 5.58. The molecule has 0 saturated carbocycles. The first-order valence-electron chi connectivity index (χ1n) is 9.84. The van der Waals surface area contributed by atoms with E-state index in [0.717, 1.165) is 42.1 Å². The monoisotopic (exact) mass is 381 g/mol. The summed E-state index contributed by atoms with van der Waals surface area (Å²) in [4.78, 5) is 13.0. The second-order valence-electron chi connectivity index (χ2n) is 7.43. The van der Waals surface area contributed by atoms with E-state index in [0.29, 0.717) is 6.54 Å². The van der Waals surface area contributed by atoms with Crippen LogP contribution in [0, 0.1) is 5.92 Å². The molecule has 2 heterocycles. The minimum Gasteiger partial charge on any atom is -0.497 e. The molecule has 0 spiro atoms. The van der Waals surface area contributed by atoms with E-state index in [2.05, 4.69) is 22.2 Å². The normalized spacial score (nSPS) is 22.1. The number of methoxy groups -OCH3 is 1. The summed E-state index contributed by atoms with van der Waals surface area (Å²) < 4.78 is 10.9. The van der Waals surface area contributed by atoms with Crippen LogP contribution in [-0.4, -0.2) is 26.2 Å². The van der Waals surface area contributed by atoms with Crippen molar-refractivity contribution in [1.29, 1.82) is 0 Å². The number of carbonyl (C=O) groups is 1. The smallest absolute Gasteiger partial charge is 0.226 e. The van der Waals surface area contributed by atoms with Crippen molar-refractivity contribution >= 4 is 5.91 Å². The molecule has 1 amide bonds. The fourth-order valence-corrected chi connectivity index (χ4v) is 3.92. The van der Waals surface area contributed by atoms with Crippen molar-refractivity contribution in [3.63, 3.8) is 0 Å². The van der Waals surface area contributed by atoms with E-state index in [1.807, 2.05) is 43.3 Å². The van der Waals surface area contributed by atoms with Crippen LogP contribution in [0.2, 0.25) is 0 Å². The number of amides is 1. The highest BCUT2D eigenvalue weighted by Gasteiger charge is 2.34. The first kappa shape index (κ1) is 18.8. The van der Waals surface area contributed by atoms with Crippen LogP contribution in [0.1, 0.15) is 42.1 Å². The van der Waals surface area contributed by atoms with Crippen molar-refractivity contribution in [2.45, 2.75) is 31.8 Å². The Bertz CT molecular complexity index is 837. The van der Waals surface area contributed by atoms with E-state index in [1.54, 1.807) is 7.11 Å². The maximum Gasteiger partial charge on any atom is 0.226 e. The van der Waals surface area contributed by atoms with Gasteiger partial charge in [0.05, 0.1) is 31.7 Å². The molecule has 3 N–H and O–H groups in total. The third-order valence-electron chi connectivity index (χ3n) is 5.58. The van der Waals surface area contributed by atoms with Gasteiger partial charge in [-0.05, 0) is 54.7 Å². The average Bonchev–Trinajstić information content (AvgIpc) is 3.23. The number of hydrogen-bond donors (Lipinski definition) is 3. The third kappa shape index (κ3) is 3.84. The Morgan fingerprint density at radius 2 is 2.07 bits per heavy atom. The van der Waals surface area contributed by atoms with Crippen LogP contribution in [-0.2, 0) is 11.2 Å². The van der Waals surface area contributed by atoms with E-state index in [4.69, 9.17) is 9.47 Å². The Morgan fingerprint density at radius 1 is 1.25 bits per heavy atom. The second-order valence-corrected chi connectivity index (χ2v) is 7.43. The molecule has 2 aromatic carbocycles. The summed E-state index contributed by atoms with van der Waals surface area (Å²) in [7, 11) is 1.65. The van der Waals surface area contributed by atoms with Gasteiger partial charge >= 0.3 is 0 Å². The van der Waals surface area contributed by atoms with Gasteiger partial charge in [-0.25, -0.2) is 5.43 Å². The van der Waals surface area contributed by atoms with Crippen LogP contribution in [0.3, 0.4) is 0 Å². The molecule has 4 rings (SSSR count). The van der Waals surface area contributed by atoms with Gasteiger partial charge in [-0.3, -0.25) is 10.2 Å². The predicted molar refractivity (Wildman–Crippen MR) is 107 cm³/mol. The SMILES string of the molecule is COc1ccc(C2NNCC2C(=O)NC(C)c2ccc3c(c2)CCCO3)cc1. The molecule has 6 nitrogen and oxygen atoms in total. The number of ether oxygens (including phenoxy) is 2. The summed E-state index contributed by atoms with van der Waals surface area (Å²) in [6.07, 6.45) is 2.07. The zero-order chi connectivity index (χ0) is 19.5. The molecule has 2 aliphatic rings. The van der Waals surface area contributed by atoms with Crippen LogP contribution in [0.15, 0.2) is 42.5 Å². The Morgan fingerprint density at radius 3 is 2.86 bits per heavy atom. The lowest BCUT2D eigenvalue weighted by atomic mass is 9.93. The molecule has 1 saturated heterocycles. The van der Waals surface area contributed by atoms with Gasteiger partial charge in [-0.2, -0.15) is 0 Å². The van der Waals surface area contributed by atoms with Crippen LogP contribution < -0.4 is 25.6 Å². The fourth-order valence-electron chi connectivity index (χ4n) is 3.92. The summed E-state index contributed by atoms with van der Waals surface area (Å²) in [5, 5.41) is 3.18. The summed E-state index contributed by atoms with van der Waals surface area (Å²) in [6, 6.07) is 13.9. The minimum absolute atomic E-state index is 0.0415. The van der Waals surface area contributed by atoms with E-state index >= 15 is 0 Å². The standard InChI is InChI=1S/C22H27N3O3/c1-14(16-7-10-20-17(12-16)4-3-11-28-20)24-22(26)19-13-23-25-21(19)15-5-8-18(27-2)9-6-15/h5-10,12,14,19,21,23,25H,3-4,11,13H2,1-2H3,(H,24,26). The molecular weight excluding hydrogens is 354 g/mol. The molecular formula is C22H27N3O3. The van der Waals surface area contributed by atoms with E-state index in [-0.39, 0.29) is 23.9 Å². The quantitative estimate of drug-likeness (QED) is 0.743. The molecule has 0 radical (unpaired) electrons. The fraction of sp³-hybridized carbons (Fsp3) is 0.409.